The molecular formula is C5H12NO3. The van der Waals surface area contributed by atoms with Crippen LogP contribution < -0.4 is 0 Å². The maximum absolute atomic E-state index is 10.1. The lowest BCUT2D eigenvalue weighted by Gasteiger charge is -2.14. The summed E-state index contributed by atoms with van der Waals surface area (Å²) in [6, 6.07) is 0. The van der Waals surface area contributed by atoms with Crippen LogP contribution >= 0.6 is 0 Å². The Morgan fingerprint density at radius 2 is 1.56 bits per heavy atom. The molecule has 4 heteroatoms. The molecule has 0 heterocycles. The van der Waals surface area contributed by atoms with Gasteiger partial charge >= 0.3 is 0 Å². The molecular weight excluding hydrogens is 122 g/mol. The van der Waals surface area contributed by atoms with E-state index in [4.69, 9.17) is 10.2 Å². The molecule has 0 unspecified atom stereocenters. The second-order valence-electron chi connectivity index (χ2n) is 1.69. The van der Waals surface area contributed by atoms with Gasteiger partial charge in [0.1, 0.15) is 6.73 Å². The molecule has 0 aromatic rings. The zero-order chi connectivity index (χ0) is 7.11. The highest BCUT2D eigenvalue weighted by molar-refractivity contribution is 4.48. The molecule has 0 aromatic heterocycles. The molecule has 9 heavy (non-hydrogen) atoms. The molecule has 0 saturated heterocycles. The monoisotopic (exact) mass is 134 g/mol. The molecule has 0 fully saturated rings. The van der Waals surface area contributed by atoms with Crippen molar-refractivity contribution in [2.24, 2.45) is 0 Å². The number of hydrogen-bond donors (Lipinski definition) is 2. The minimum atomic E-state index is -0.360. The predicted molar refractivity (Wildman–Crippen MR) is 31.3 cm³/mol. The van der Waals surface area contributed by atoms with Crippen molar-refractivity contribution in [3.05, 3.63) is 0 Å². The fourth-order valence-electron chi connectivity index (χ4n) is 0.524. The Morgan fingerprint density at radius 3 is 1.78 bits per heavy atom. The summed E-state index contributed by atoms with van der Waals surface area (Å²) in [6.07, 6.45) is 0. The predicted octanol–water partition coefficient (Wildman–Crippen LogP) is -1.34. The normalized spacial score (nSPS) is 10.7. The van der Waals surface area contributed by atoms with Crippen molar-refractivity contribution < 1.29 is 15.3 Å². The average Bonchev–Trinajstić information content (AvgIpc) is 1.88. The van der Waals surface area contributed by atoms with Gasteiger partial charge in [-0.05, 0) is 0 Å². The van der Waals surface area contributed by atoms with Gasteiger partial charge in [-0.1, -0.05) is 0 Å². The third-order valence-electron chi connectivity index (χ3n) is 1.02. The lowest BCUT2D eigenvalue weighted by molar-refractivity contribution is 0.0294. The van der Waals surface area contributed by atoms with Gasteiger partial charge in [0, 0.05) is 13.1 Å². The second kappa shape index (κ2) is 5.97. The maximum Gasteiger partial charge on any atom is 0.135 e. The summed E-state index contributed by atoms with van der Waals surface area (Å²) in [7, 11) is 0. The minimum Gasteiger partial charge on any atom is -0.395 e. The van der Waals surface area contributed by atoms with Crippen LogP contribution in [0.15, 0.2) is 0 Å². The van der Waals surface area contributed by atoms with Crippen LogP contribution in [0.5, 0.6) is 0 Å². The van der Waals surface area contributed by atoms with Gasteiger partial charge < -0.3 is 10.2 Å². The summed E-state index contributed by atoms with van der Waals surface area (Å²) in [5.41, 5.74) is 0. The smallest absolute Gasteiger partial charge is 0.135 e. The van der Waals surface area contributed by atoms with Crippen LogP contribution in [0.4, 0.5) is 0 Å². The summed E-state index contributed by atoms with van der Waals surface area (Å²) in [6.45, 7) is 0.291. The molecule has 0 aliphatic carbocycles. The molecule has 0 bridgehead atoms. The van der Waals surface area contributed by atoms with Gasteiger partial charge in [-0.3, -0.25) is 4.90 Å². The first kappa shape index (κ1) is 8.84. The van der Waals surface area contributed by atoms with Crippen molar-refractivity contribution in [2.45, 2.75) is 0 Å². The van der Waals surface area contributed by atoms with Crippen molar-refractivity contribution in [2.75, 3.05) is 33.0 Å². The highest BCUT2D eigenvalue weighted by Gasteiger charge is 1.99. The van der Waals surface area contributed by atoms with Crippen molar-refractivity contribution >= 4 is 0 Å². The summed E-state index contributed by atoms with van der Waals surface area (Å²) in [5, 5.41) is 26.8. The largest absolute Gasteiger partial charge is 0.395 e. The molecule has 55 valence electrons. The minimum absolute atomic E-state index is 0.0256. The topological polar surface area (TPSA) is 63.6 Å². The Balaban J connectivity index is 3.18. The van der Waals surface area contributed by atoms with E-state index in [-0.39, 0.29) is 19.9 Å². The van der Waals surface area contributed by atoms with E-state index in [1.165, 1.54) is 4.90 Å². The van der Waals surface area contributed by atoms with Crippen LogP contribution in [0.3, 0.4) is 0 Å². The van der Waals surface area contributed by atoms with Crippen LogP contribution in [0.1, 0.15) is 0 Å². The van der Waals surface area contributed by atoms with E-state index >= 15 is 0 Å². The van der Waals surface area contributed by atoms with Crippen LogP contribution in [-0.2, 0) is 5.11 Å². The molecule has 0 aliphatic heterocycles. The van der Waals surface area contributed by atoms with Crippen LogP contribution in [0, 0.1) is 0 Å². The van der Waals surface area contributed by atoms with E-state index in [0.717, 1.165) is 0 Å². The first-order valence-corrected chi connectivity index (χ1v) is 2.87. The fraction of sp³-hybridized carbons (Fsp3) is 1.00. The molecule has 2 N–H and O–H groups in total. The van der Waals surface area contributed by atoms with E-state index in [1.54, 1.807) is 0 Å². The second-order valence-corrected chi connectivity index (χ2v) is 1.69. The molecule has 0 amide bonds. The molecule has 0 aliphatic rings. The van der Waals surface area contributed by atoms with E-state index in [9.17, 15) is 5.11 Å². The van der Waals surface area contributed by atoms with Crippen molar-refractivity contribution in [3.63, 3.8) is 0 Å². The number of nitrogens with zero attached hydrogens (tertiary/aromatic N) is 1. The van der Waals surface area contributed by atoms with Crippen molar-refractivity contribution in [3.8, 4) is 0 Å². The lowest BCUT2D eigenvalue weighted by atomic mass is 10.5. The summed E-state index contributed by atoms with van der Waals surface area (Å²) < 4.78 is 0. The lowest BCUT2D eigenvalue weighted by Crippen LogP contribution is -2.29. The Kier molecular flexibility index (Phi) is 5.86. The zero-order valence-electron chi connectivity index (χ0n) is 5.29. The van der Waals surface area contributed by atoms with Gasteiger partial charge in [0.2, 0.25) is 0 Å². The fourth-order valence-corrected chi connectivity index (χ4v) is 0.524. The third kappa shape index (κ3) is 4.35. The molecule has 4 nitrogen and oxygen atoms in total. The van der Waals surface area contributed by atoms with E-state index < -0.39 is 0 Å². The highest BCUT2D eigenvalue weighted by Crippen LogP contribution is 1.82. The number of aliphatic hydroxyl groups is 2. The molecule has 0 saturated carbocycles. The maximum atomic E-state index is 10.1. The first-order valence-electron chi connectivity index (χ1n) is 2.87. The Morgan fingerprint density at radius 1 is 1.11 bits per heavy atom. The Hall–Kier alpha value is -0.160. The highest BCUT2D eigenvalue weighted by atomic mass is 16.3. The molecule has 0 spiro atoms. The molecule has 0 aromatic carbocycles. The number of rotatable bonds is 5. The van der Waals surface area contributed by atoms with Gasteiger partial charge in [0.05, 0.1) is 13.2 Å². The van der Waals surface area contributed by atoms with Gasteiger partial charge in [0.15, 0.2) is 0 Å². The van der Waals surface area contributed by atoms with Crippen LogP contribution in [0.2, 0.25) is 0 Å². The van der Waals surface area contributed by atoms with Crippen LogP contribution in [-0.4, -0.2) is 48.1 Å². The average molecular weight is 134 g/mol. The Bertz CT molecular complexity index is 54.2. The van der Waals surface area contributed by atoms with Crippen molar-refractivity contribution in [1.82, 2.24) is 4.90 Å². The van der Waals surface area contributed by atoms with Crippen LogP contribution in [0.25, 0.3) is 0 Å². The van der Waals surface area contributed by atoms with Gasteiger partial charge in [0.25, 0.3) is 0 Å². The summed E-state index contributed by atoms with van der Waals surface area (Å²) >= 11 is 0. The molecule has 1 radical (unpaired) electrons. The molecule has 0 rings (SSSR count). The SMILES string of the molecule is [O]CN(CCO)CCO. The van der Waals surface area contributed by atoms with Gasteiger partial charge in [-0.25, -0.2) is 5.11 Å². The summed E-state index contributed by atoms with van der Waals surface area (Å²) in [5.74, 6) is 0. The van der Waals surface area contributed by atoms with E-state index in [1.807, 2.05) is 0 Å². The third-order valence-corrected chi connectivity index (χ3v) is 1.02. The zero-order valence-corrected chi connectivity index (χ0v) is 5.29. The van der Waals surface area contributed by atoms with E-state index in [0.29, 0.717) is 13.1 Å². The number of hydrogen-bond acceptors (Lipinski definition) is 3. The standard InChI is InChI=1S/C5H12NO3/c7-3-1-6(5-9)2-4-8/h7-8H,1-5H2. The first-order chi connectivity index (χ1) is 4.35. The van der Waals surface area contributed by atoms with Crippen molar-refractivity contribution in [1.29, 1.82) is 0 Å². The molecule has 0 atom stereocenters. The van der Waals surface area contributed by atoms with Gasteiger partial charge in [-0.2, -0.15) is 0 Å². The van der Waals surface area contributed by atoms with E-state index in [2.05, 4.69) is 0 Å². The summed E-state index contributed by atoms with van der Waals surface area (Å²) in [4.78, 5) is 1.43. The van der Waals surface area contributed by atoms with Gasteiger partial charge in [-0.15, -0.1) is 0 Å². The number of aliphatic hydroxyl groups excluding tert-OH is 2. The Labute approximate surface area is 54.3 Å². The quantitative estimate of drug-likeness (QED) is 0.457.